The SMILES string of the molecule is Cc1nc(N)nc(COc2ccc(Cl)cc2Cl)c1C(N)=O. The van der Waals surface area contributed by atoms with Gasteiger partial charge in [-0.2, -0.15) is 0 Å². The van der Waals surface area contributed by atoms with Crippen molar-refractivity contribution in [1.29, 1.82) is 0 Å². The van der Waals surface area contributed by atoms with Crippen molar-refractivity contribution >= 4 is 35.1 Å². The molecule has 1 amide bonds. The molecule has 110 valence electrons. The first-order valence-electron chi connectivity index (χ1n) is 5.89. The summed E-state index contributed by atoms with van der Waals surface area (Å²) in [7, 11) is 0. The molecule has 2 aromatic rings. The van der Waals surface area contributed by atoms with Gasteiger partial charge in [-0.1, -0.05) is 23.2 Å². The third-order valence-corrected chi connectivity index (χ3v) is 3.22. The lowest BCUT2D eigenvalue weighted by molar-refractivity contribution is 0.0996. The normalized spacial score (nSPS) is 10.4. The molecule has 8 heteroatoms. The molecule has 0 aliphatic rings. The quantitative estimate of drug-likeness (QED) is 0.897. The third-order valence-electron chi connectivity index (χ3n) is 2.69. The van der Waals surface area contributed by atoms with Crippen LogP contribution in [0.4, 0.5) is 5.95 Å². The first kappa shape index (κ1) is 15.3. The molecule has 0 radical (unpaired) electrons. The van der Waals surface area contributed by atoms with Crippen LogP contribution in [0.1, 0.15) is 21.7 Å². The Balaban J connectivity index is 2.29. The Kier molecular flexibility index (Phi) is 4.50. The lowest BCUT2D eigenvalue weighted by atomic mass is 10.1. The van der Waals surface area contributed by atoms with Gasteiger partial charge in [0.25, 0.3) is 5.91 Å². The van der Waals surface area contributed by atoms with Crippen molar-refractivity contribution in [3.05, 3.63) is 45.2 Å². The molecular weight excluding hydrogens is 315 g/mol. The number of nitrogens with two attached hydrogens (primary N) is 2. The summed E-state index contributed by atoms with van der Waals surface area (Å²) in [5, 5.41) is 0.842. The number of ether oxygens (including phenoxy) is 1. The van der Waals surface area contributed by atoms with E-state index in [-0.39, 0.29) is 18.1 Å². The maximum absolute atomic E-state index is 11.5. The van der Waals surface area contributed by atoms with E-state index in [1.54, 1.807) is 25.1 Å². The smallest absolute Gasteiger partial charge is 0.252 e. The Hall–Kier alpha value is -2.05. The van der Waals surface area contributed by atoms with Gasteiger partial charge in [-0.3, -0.25) is 4.79 Å². The molecule has 1 aromatic heterocycles. The van der Waals surface area contributed by atoms with Gasteiger partial charge >= 0.3 is 0 Å². The van der Waals surface area contributed by atoms with E-state index >= 15 is 0 Å². The van der Waals surface area contributed by atoms with Crippen LogP contribution in [0.25, 0.3) is 0 Å². The second kappa shape index (κ2) is 6.15. The number of carbonyl (C=O) groups excluding carboxylic acids is 1. The Morgan fingerprint density at radius 3 is 2.67 bits per heavy atom. The minimum absolute atomic E-state index is 0.0206. The molecule has 0 atom stereocenters. The number of primary amides is 1. The number of anilines is 1. The number of nitrogen functional groups attached to an aromatic ring is 1. The number of aromatic nitrogens is 2. The van der Waals surface area contributed by atoms with E-state index in [4.69, 9.17) is 39.4 Å². The number of hydrogen-bond donors (Lipinski definition) is 2. The minimum Gasteiger partial charge on any atom is -0.486 e. The molecular formula is C13H12Cl2N4O2. The molecule has 0 spiro atoms. The number of amides is 1. The van der Waals surface area contributed by atoms with Crippen LogP contribution in [-0.2, 0) is 6.61 Å². The highest BCUT2D eigenvalue weighted by atomic mass is 35.5. The molecule has 1 heterocycles. The summed E-state index contributed by atoms with van der Waals surface area (Å²) < 4.78 is 5.53. The van der Waals surface area contributed by atoms with E-state index < -0.39 is 5.91 Å². The zero-order valence-corrected chi connectivity index (χ0v) is 12.6. The monoisotopic (exact) mass is 326 g/mol. The number of hydrogen-bond acceptors (Lipinski definition) is 5. The highest BCUT2D eigenvalue weighted by Gasteiger charge is 2.16. The van der Waals surface area contributed by atoms with Crippen LogP contribution in [0.5, 0.6) is 5.75 Å². The molecule has 21 heavy (non-hydrogen) atoms. The zero-order chi connectivity index (χ0) is 15.6. The zero-order valence-electron chi connectivity index (χ0n) is 11.1. The van der Waals surface area contributed by atoms with Crippen LogP contribution in [0.15, 0.2) is 18.2 Å². The molecule has 0 fully saturated rings. The van der Waals surface area contributed by atoms with E-state index in [9.17, 15) is 4.79 Å². The van der Waals surface area contributed by atoms with Crippen LogP contribution in [0.3, 0.4) is 0 Å². The first-order valence-corrected chi connectivity index (χ1v) is 6.64. The van der Waals surface area contributed by atoms with Crippen molar-refractivity contribution in [1.82, 2.24) is 9.97 Å². The van der Waals surface area contributed by atoms with Gasteiger partial charge in [0.05, 0.1) is 22.0 Å². The van der Waals surface area contributed by atoms with Crippen LogP contribution in [0.2, 0.25) is 10.0 Å². The molecule has 0 unspecified atom stereocenters. The lowest BCUT2D eigenvalue weighted by Crippen LogP contribution is -2.20. The maximum Gasteiger partial charge on any atom is 0.252 e. The van der Waals surface area contributed by atoms with Crippen LogP contribution < -0.4 is 16.2 Å². The molecule has 2 rings (SSSR count). The molecule has 0 aliphatic carbocycles. The summed E-state index contributed by atoms with van der Waals surface area (Å²) in [4.78, 5) is 19.4. The van der Waals surface area contributed by atoms with Gasteiger partial charge in [0.15, 0.2) is 0 Å². The molecule has 0 aliphatic heterocycles. The Labute approximate surface area is 131 Å². The van der Waals surface area contributed by atoms with Gasteiger partial charge in [0.1, 0.15) is 12.4 Å². The van der Waals surface area contributed by atoms with Crippen molar-refractivity contribution in [3.8, 4) is 5.75 Å². The first-order chi connectivity index (χ1) is 9.88. The summed E-state index contributed by atoms with van der Waals surface area (Å²) in [5.74, 6) is -0.196. The predicted molar refractivity (Wildman–Crippen MR) is 80.5 cm³/mol. The van der Waals surface area contributed by atoms with E-state index in [0.29, 0.717) is 27.2 Å². The second-order valence-corrected chi connectivity index (χ2v) is 5.06. The summed E-state index contributed by atoms with van der Waals surface area (Å²) >= 11 is 11.8. The standard InChI is InChI=1S/C13H12Cl2N4O2/c1-6-11(12(16)20)9(19-13(17)18-6)5-21-10-3-2-7(14)4-8(10)15/h2-4H,5H2,1H3,(H2,16,20)(H2,17,18,19). The molecule has 0 saturated heterocycles. The van der Waals surface area contributed by atoms with Crippen molar-refractivity contribution in [2.45, 2.75) is 13.5 Å². The van der Waals surface area contributed by atoms with Crippen LogP contribution in [0, 0.1) is 6.92 Å². The van der Waals surface area contributed by atoms with Crippen molar-refractivity contribution in [2.24, 2.45) is 5.73 Å². The number of rotatable bonds is 4. The minimum atomic E-state index is -0.645. The second-order valence-electron chi connectivity index (χ2n) is 4.22. The highest BCUT2D eigenvalue weighted by molar-refractivity contribution is 6.35. The summed E-state index contributed by atoms with van der Waals surface area (Å²) in [6, 6.07) is 4.80. The van der Waals surface area contributed by atoms with E-state index in [1.165, 1.54) is 0 Å². The summed E-state index contributed by atoms with van der Waals surface area (Å²) in [5.41, 5.74) is 11.8. The van der Waals surface area contributed by atoms with Crippen LogP contribution in [-0.4, -0.2) is 15.9 Å². The third kappa shape index (κ3) is 3.53. The topological polar surface area (TPSA) is 104 Å². The number of nitrogens with zero attached hydrogens (tertiary/aromatic N) is 2. The molecule has 0 saturated carbocycles. The fourth-order valence-electron chi connectivity index (χ4n) is 1.82. The molecule has 0 bridgehead atoms. The Bertz CT molecular complexity index is 707. The van der Waals surface area contributed by atoms with Crippen molar-refractivity contribution in [3.63, 3.8) is 0 Å². The fourth-order valence-corrected chi connectivity index (χ4v) is 2.28. The number of aryl methyl sites for hydroxylation is 1. The molecule has 1 aromatic carbocycles. The average molecular weight is 327 g/mol. The highest BCUT2D eigenvalue weighted by Crippen LogP contribution is 2.28. The van der Waals surface area contributed by atoms with Gasteiger partial charge in [-0.15, -0.1) is 0 Å². The van der Waals surface area contributed by atoms with Gasteiger partial charge in [-0.05, 0) is 25.1 Å². The predicted octanol–water partition coefficient (Wildman–Crippen LogP) is 2.35. The molecule has 6 nitrogen and oxygen atoms in total. The Morgan fingerprint density at radius 2 is 2.05 bits per heavy atom. The summed E-state index contributed by atoms with van der Waals surface area (Å²) in [6.45, 7) is 1.60. The fraction of sp³-hybridized carbons (Fsp3) is 0.154. The van der Waals surface area contributed by atoms with Gasteiger partial charge in [0.2, 0.25) is 5.95 Å². The lowest BCUT2D eigenvalue weighted by Gasteiger charge is -2.11. The van der Waals surface area contributed by atoms with Gasteiger partial charge < -0.3 is 16.2 Å². The maximum atomic E-state index is 11.5. The number of benzene rings is 1. The molecule has 4 N–H and O–H groups in total. The van der Waals surface area contributed by atoms with Gasteiger partial charge in [0, 0.05) is 5.02 Å². The van der Waals surface area contributed by atoms with Crippen molar-refractivity contribution < 1.29 is 9.53 Å². The van der Waals surface area contributed by atoms with Gasteiger partial charge in [-0.25, -0.2) is 9.97 Å². The largest absolute Gasteiger partial charge is 0.486 e. The summed E-state index contributed by atoms with van der Waals surface area (Å²) in [6.07, 6.45) is 0. The Morgan fingerprint density at radius 1 is 1.33 bits per heavy atom. The van der Waals surface area contributed by atoms with Crippen LogP contribution >= 0.6 is 23.2 Å². The van der Waals surface area contributed by atoms with E-state index in [2.05, 4.69) is 9.97 Å². The average Bonchev–Trinajstić information content (AvgIpc) is 2.36. The van der Waals surface area contributed by atoms with Crippen molar-refractivity contribution in [2.75, 3.05) is 5.73 Å². The van der Waals surface area contributed by atoms with E-state index in [1.807, 2.05) is 0 Å². The number of halogens is 2. The van der Waals surface area contributed by atoms with E-state index in [0.717, 1.165) is 0 Å². The number of carbonyl (C=O) groups is 1.